The Morgan fingerprint density at radius 2 is 2.05 bits per heavy atom. The smallest absolute Gasteiger partial charge is 0.387 e. The molecule has 1 aliphatic heterocycles. The third-order valence-corrected chi connectivity index (χ3v) is 5.16. The van der Waals surface area contributed by atoms with Gasteiger partial charge in [-0.15, -0.1) is 0 Å². The van der Waals surface area contributed by atoms with Gasteiger partial charge in [-0.3, -0.25) is 4.79 Å². The van der Waals surface area contributed by atoms with Gasteiger partial charge in [-0.2, -0.15) is 8.78 Å². The van der Waals surface area contributed by atoms with E-state index in [-0.39, 0.29) is 22.8 Å². The SMILES string of the molecule is CN(C(=O)c1ccccc1OC(F)F)C1CCS(=O)(=O)C1. The molecule has 1 unspecified atom stereocenters. The quantitative estimate of drug-likeness (QED) is 0.844. The van der Waals surface area contributed by atoms with E-state index in [0.29, 0.717) is 6.42 Å². The number of hydrogen-bond donors (Lipinski definition) is 0. The Hall–Kier alpha value is -1.70. The second-order valence-electron chi connectivity index (χ2n) is 4.85. The summed E-state index contributed by atoms with van der Waals surface area (Å²) in [7, 11) is -1.67. The number of hydrogen-bond acceptors (Lipinski definition) is 4. The molecule has 0 bridgehead atoms. The molecule has 0 N–H and O–H groups in total. The molecule has 1 atom stereocenters. The standard InChI is InChI=1S/C13H15F2NO4S/c1-16(9-6-7-21(18,19)8-9)12(17)10-4-2-3-5-11(10)20-13(14)15/h2-5,9,13H,6-8H2,1H3. The molecule has 0 saturated carbocycles. The molecule has 0 radical (unpaired) electrons. The van der Waals surface area contributed by atoms with Gasteiger partial charge in [-0.25, -0.2) is 8.42 Å². The van der Waals surface area contributed by atoms with E-state index in [1.165, 1.54) is 36.2 Å². The van der Waals surface area contributed by atoms with Crippen molar-refractivity contribution < 1.29 is 26.7 Å². The van der Waals surface area contributed by atoms with Crippen LogP contribution >= 0.6 is 0 Å². The molecule has 2 rings (SSSR count). The van der Waals surface area contributed by atoms with Gasteiger partial charge in [-0.05, 0) is 18.6 Å². The summed E-state index contributed by atoms with van der Waals surface area (Å²) < 4.78 is 51.9. The van der Waals surface area contributed by atoms with E-state index in [1.807, 2.05) is 0 Å². The van der Waals surface area contributed by atoms with Crippen LogP contribution in [0.25, 0.3) is 0 Å². The average molecular weight is 319 g/mol. The Morgan fingerprint density at radius 1 is 1.38 bits per heavy atom. The van der Waals surface area contributed by atoms with Crippen molar-refractivity contribution >= 4 is 15.7 Å². The van der Waals surface area contributed by atoms with Crippen LogP contribution < -0.4 is 4.74 Å². The minimum atomic E-state index is -3.13. The summed E-state index contributed by atoms with van der Waals surface area (Å²) in [5, 5.41) is 0. The molecule has 1 aliphatic rings. The fraction of sp³-hybridized carbons (Fsp3) is 0.462. The van der Waals surface area contributed by atoms with Gasteiger partial charge < -0.3 is 9.64 Å². The van der Waals surface area contributed by atoms with Crippen molar-refractivity contribution in [3.63, 3.8) is 0 Å². The highest BCUT2D eigenvalue weighted by atomic mass is 32.2. The van der Waals surface area contributed by atoms with E-state index in [0.717, 1.165) is 0 Å². The van der Waals surface area contributed by atoms with Gasteiger partial charge in [0.1, 0.15) is 5.75 Å². The zero-order valence-corrected chi connectivity index (χ0v) is 12.1. The number of halogens is 2. The van der Waals surface area contributed by atoms with Gasteiger partial charge in [0.25, 0.3) is 5.91 Å². The third kappa shape index (κ3) is 3.69. The van der Waals surface area contributed by atoms with Crippen LogP contribution in [-0.2, 0) is 9.84 Å². The van der Waals surface area contributed by atoms with Gasteiger partial charge in [0.15, 0.2) is 9.84 Å². The maximum absolute atomic E-state index is 12.4. The van der Waals surface area contributed by atoms with Crippen molar-refractivity contribution in [3.05, 3.63) is 29.8 Å². The van der Waals surface area contributed by atoms with Crippen molar-refractivity contribution in [2.45, 2.75) is 19.1 Å². The molecule has 1 amide bonds. The molecule has 116 valence electrons. The van der Waals surface area contributed by atoms with E-state index in [9.17, 15) is 22.0 Å². The van der Waals surface area contributed by atoms with E-state index in [2.05, 4.69) is 4.74 Å². The number of ether oxygens (including phenoxy) is 1. The van der Waals surface area contributed by atoms with E-state index in [4.69, 9.17) is 0 Å². The van der Waals surface area contributed by atoms with Crippen LogP contribution in [0.1, 0.15) is 16.8 Å². The van der Waals surface area contributed by atoms with Crippen LogP contribution in [0.2, 0.25) is 0 Å². The average Bonchev–Trinajstić information content (AvgIpc) is 2.77. The molecular formula is C13H15F2NO4S. The first-order valence-electron chi connectivity index (χ1n) is 6.31. The van der Waals surface area contributed by atoms with E-state index < -0.39 is 28.4 Å². The molecule has 5 nitrogen and oxygen atoms in total. The molecule has 0 aromatic heterocycles. The van der Waals surface area contributed by atoms with Crippen LogP contribution in [0.5, 0.6) is 5.75 Å². The largest absolute Gasteiger partial charge is 0.434 e. The first kappa shape index (κ1) is 15.7. The molecule has 1 aromatic rings. The Bertz CT molecular complexity index is 633. The van der Waals surface area contributed by atoms with E-state index >= 15 is 0 Å². The number of rotatable bonds is 4. The molecule has 8 heteroatoms. The molecule has 1 fully saturated rings. The fourth-order valence-corrected chi connectivity index (χ4v) is 4.05. The van der Waals surface area contributed by atoms with Crippen LogP contribution in [0.3, 0.4) is 0 Å². The Morgan fingerprint density at radius 3 is 2.62 bits per heavy atom. The lowest BCUT2D eigenvalue weighted by molar-refractivity contribution is -0.0502. The highest BCUT2D eigenvalue weighted by molar-refractivity contribution is 7.91. The van der Waals surface area contributed by atoms with E-state index in [1.54, 1.807) is 0 Å². The predicted octanol–water partition coefficient (Wildman–Crippen LogP) is 1.55. The van der Waals surface area contributed by atoms with Crippen LogP contribution in [0.15, 0.2) is 24.3 Å². The van der Waals surface area contributed by atoms with Gasteiger partial charge in [-0.1, -0.05) is 12.1 Å². The topological polar surface area (TPSA) is 63.7 Å². The number of para-hydroxylation sites is 1. The fourth-order valence-electron chi connectivity index (χ4n) is 2.28. The van der Waals surface area contributed by atoms with Crippen molar-refractivity contribution in [2.75, 3.05) is 18.6 Å². The van der Waals surface area contributed by atoms with Gasteiger partial charge in [0.05, 0.1) is 17.1 Å². The molecule has 1 aromatic carbocycles. The van der Waals surface area contributed by atoms with Gasteiger partial charge in [0, 0.05) is 13.1 Å². The van der Waals surface area contributed by atoms with Crippen molar-refractivity contribution in [2.24, 2.45) is 0 Å². The van der Waals surface area contributed by atoms with Crippen LogP contribution in [0, 0.1) is 0 Å². The third-order valence-electron chi connectivity index (χ3n) is 3.41. The maximum Gasteiger partial charge on any atom is 0.387 e. The maximum atomic E-state index is 12.4. The summed E-state index contributed by atoms with van der Waals surface area (Å²) in [4.78, 5) is 13.6. The second kappa shape index (κ2) is 5.97. The van der Waals surface area contributed by atoms with Crippen molar-refractivity contribution in [1.82, 2.24) is 4.90 Å². The number of carbonyl (C=O) groups is 1. The molecule has 21 heavy (non-hydrogen) atoms. The van der Waals surface area contributed by atoms with Crippen molar-refractivity contribution in [3.8, 4) is 5.75 Å². The molecular weight excluding hydrogens is 304 g/mol. The summed E-state index contributed by atoms with van der Waals surface area (Å²) in [6.45, 7) is -3.03. The van der Waals surface area contributed by atoms with Crippen molar-refractivity contribution in [1.29, 1.82) is 0 Å². The molecule has 1 saturated heterocycles. The number of nitrogens with zero attached hydrogens (tertiary/aromatic N) is 1. The number of alkyl halides is 2. The number of amides is 1. The molecule has 0 aliphatic carbocycles. The first-order valence-corrected chi connectivity index (χ1v) is 8.14. The monoisotopic (exact) mass is 319 g/mol. The lowest BCUT2D eigenvalue weighted by Gasteiger charge is -2.24. The summed E-state index contributed by atoms with van der Waals surface area (Å²) in [5.41, 5.74) is -0.00963. The highest BCUT2D eigenvalue weighted by Crippen LogP contribution is 2.24. The highest BCUT2D eigenvalue weighted by Gasteiger charge is 2.33. The van der Waals surface area contributed by atoms with Crippen LogP contribution in [0.4, 0.5) is 8.78 Å². The minimum Gasteiger partial charge on any atom is -0.434 e. The molecule has 1 heterocycles. The van der Waals surface area contributed by atoms with Gasteiger partial charge in [0.2, 0.25) is 0 Å². The summed E-state index contributed by atoms with van der Waals surface area (Å²) >= 11 is 0. The summed E-state index contributed by atoms with van der Waals surface area (Å²) in [6.07, 6.45) is 0.350. The Balaban J connectivity index is 2.20. The second-order valence-corrected chi connectivity index (χ2v) is 7.08. The Kier molecular flexibility index (Phi) is 4.46. The minimum absolute atomic E-state index is 0.00963. The number of benzene rings is 1. The molecule has 0 spiro atoms. The summed E-state index contributed by atoms with van der Waals surface area (Å²) in [5.74, 6) is -0.823. The zero-order valence-electron chi connectivity index (χ0n) is 11.3. The predicted molar refractivity (Wildman–Crippen MR) is 72.2 cm³/mol. The first-order chi connectivity index (χ1) is 9.80. The summed E-state index contributed by atoms with van der Waals surface area (Å²) in [6, 6.07) is 5.22. The zero-order chi connectivity index (χ0) is 15.6. The normalized spacial score (nSPS) is 20.5. The number of sulfone groups is 1. The van der Waals surface area contributed by atoms with Gasteiger partial charge >= 0.3 is 6.61 Å². The lowest BCUT2D eigenvalue weighted by Crippen LogP contribution is -2.38. The number of carbonyl (C=O) groups excluding carboxylic acids is 1. The lowest BCUT2D eigenvalue weighted by atomic mass is 10.1. The van der Waals surface area contributed by atoms with Crippen LogP contribution in [-0.4, -0.2) is 50.4 Å². The Labute approximate surface area is 121 Å².